The van der Waals surface area contributed by atoms with Crippen LogP contribution in [0.4, 0.5) is 0 Å². The fraction of sp³-hybridized carbons (Fsp3) is 0.818. The number of terminal acetylenes is 1. The molecular weight excluding hydrogens is 160 g/mol. The number of hydrogen-bond acceptors (Lipinski definition) is 2. The third kappa shape index (κ3) is 7.83. The Morgan fingerprint density at radius 1 is 1.31 bits per heavy atom. The fourth-order valence-electron chi connectivity index (χ4n) is 1.38. The molecule has 76 valence electrons. The van der Waals surface area contributed by atoms with Crippen molar-refractivity contribution in [3.63, 3.8) is 0 Å². The molecule has 1 unspecified atom stereocenters. The van der Waals surface area contributed by atoms with Crippen molar-refractivity contribution >= 4 is 0 Å². The molecule has 0 aliphatic carbocycles. The minimum atomic E-state index is 0.312. The quantitative estimate of drug-likeness (QED) is 0.261. The second kappa shape index (κ2) is 9.57. The molecule has 0 aromatic carbocycles. The van der Waals surface area contributed by atoms with Gasteiger partial charge in [-0.2, -0.15) is 0 Å². The summed E-state index contributed by atoms with van der Waals surface area (Å²) in [5.74, 6) is 7.98. The number of rotatable bonds is 8. The zero-order valence-corrected chi connectivity index (χ0v) is 8.68. The van der Waals surface area contributed by atoms with Gasteiger partial charge in [0.2, 0.25) is 0 Å². The Kier molecular flexibility index (Phi) is 9.18. The van der Waals surface area contributed by atoms with Crippen molar-refractivity contribution in [1.82, 2.24) is 5.43 Å². The van der Waals surface area contributed by atoms with Crippen LogP contribution in [0.2, 0.25) is 0 Å². The molecule has 0 amide bonds. The highest BCUT2D eigenvalue weighted by molar-refractivity contribution is 4.88. The van der Waals surface area contributed by atoms with E-state index in [4.69, 9.17) is 12.3 Å². The third-order valence-corrected chi connectivity index (χ3v) is 2.26. The molecule has 0 aliphatic heterocycles. The average Bonchev–Trinajstić information content (AvgIpc) is 2.16. The van der Waals surface area contributed by atoms with E-state index < -0.39 is 0 Å². The van der Waals surface area contributed by atoms with Crippen LogP contribution in [0, 0.1) is 12.3 Å². The van der Waals surface area contributed by atoms with Crippen molar-refractivity contribution in [3.8, 4) is 12.3 Å². The van der Waals surface area contributed by atoms with Crippen molar-refractivity contribution in [2.24, 2.45) is 5.84 Å². The molecule has 0 aromatic rings. The Balaban J connectivity index is 3.23. The van der Waals surface area contributed by atoms with E-state index >= 15 is 0 Å². The van der Waals surface area contributed by atoms with Gasteiger partial charge in [0, 0.05) is 12.5 Å². The number of nitrogens with one attached hydrogen (secondary N) is 1. The van der Waals surface area contributed by atoms with Crippen LogP contribution in [0.15, 0.2) is 0 Å². The summed E-state index contributed by atoms with van der Waals surface area (Å²) < 4.78 is 0. The summed E-state index contributed by atoms with van der Waals surface area (Å²) in [7, 11) is 0. The predicted octanol–water partition coefficient (Wildman–Crippen LogP) is 2.20. The van der Waals surface area contributed by atoms with Crippen LogP contribution in [0.1, 0.15) is 51.9 Å². The maximum absolute atomic E-state index is 5.35. The first-order chi connectivity index (χ1) is 6.35. The lowest BCUT2D eigenvalue weighted by atomic mass is 10.1. The molecule has 2 heteroatoms. The van der Waals surface area contributed by atoms with Crippen LogP contribution in [-0.4, -0.2) is 6.04 Å². The number of nitrogens with two attached hydrogens (primary N) is 1. The Morgan fingerprint density at radius 3 is 2.54 bits per heavy atom. The van der Waals surface area contributed by atoms with Crippen molar-refractivity contribution in [2.75, 3.05) is 0 Å². The van der Waals surface area contributed by atoms with Gasteiger partial charge in [-0.05, 0) is 6.42 Å². The van der Waals surface area contributed by atoms with Gasteiger partial charge < -0.3 is 0 Å². The topological polar surface area (TPSA) is 38.0 Å². The summed E-state index contributed by atoms with van der Waals surface area (Å²) in [4.78, 5) is 0. The van der Waals surface area contributed by atoms with E-state index in [2.05, 4.69) is 18.3 Å². The first-order valence-corrected chi connectivity index (χ1v) is 5.24. The number of hydrogen-bond donors (Lipinski definition) is 2. The molecule has 0 aliphatic rings. The molecule has 0 saturated heterocycles. The molecule has 0 fully saturated rings. The molecule has 2 nitrogen and oxygen atoms in total. The molecule has 0 saturated carbocycles. The highest BCUT2D eigenvalue weighted by Crippen LogP contribution is 2.08. The molecule has 3 N–H and O–H groups in total. The van der Waals surface area contributed by atoms with Crippen molar-refractivity contribution in [3.05, 3.63) is 0 Å². The van der Waals surface area contributed by atoms with Gasteiger partial charge in [-0.1, -0.05) is 39.0 Å². The van der Waals surface area contributed by atoms with E-state index in [1.54, 1.807) is 0 Å². The van der Waals surface area contributed by atoms with Crippen LogP contribution in [0.5, 0.6) is 0 Å². The standard InChI is InChI=1S/C11H22N2/c1-3-5-6-7-8-10-11(13-12)9-4-2/h2,11,13H,3,5-10,12H2,1H3. The summed E-state index contributed by atoms with van der Waals surface area (Å²) in [6, 6.07) is 0.312. The molecule has 0 rings (SSSR count). The van der Waals surface area contributed by atoms with Gasteiger partial charge in [0.15, 0.2) is 0 Å². The second-order valence-electron chi connectivity index (χ2n) is 3.47. The highest BCUT2D eigenvalue weighted by Gasteiger charge is 2.02. The lowest BCUT2D eigenvalue weighted by Gasteiger charge is -2.11. The Bertz CT molecular complexity index is 138. The monoisotopic (exact) mass is 182 g/mol. The second-order valence-corrected chi connectivity index (χ2v) is 3.47. The molecule has 0 heterocycles. The van der Waals surface area contributed by atoms with Gasteiger partial charge in [0.1, 0.15) is 0 Å². The highest BCUT2D eigenvalue weighted by atomic mass is 15.2. The SMILES string of the molecule is C#CCC(CCCCCCC)NN. The molecule has 0 bridgehead atoms. The van der Waals surface area contributed by atoms with Crippen LogP contribution in [0.25, 0.3) is 0 Å². The van der Waals surface area contributed by atoms with Crippen LogP contribution >= 0.6 is 0 Å². The van der Waals surface area contributed by atoms with Gasteiger partial charge in [-0.3, -0.25) is 11.3 Å². The Labute approximate surface area is 82.2 Å². The molecule has 0 aromatic heterocycles. The van der Waals surface area contributed by atoms with E-state index in [1.165, 1.54) is 32.1 Å². The third-order valence-electron chi connectivity index (χ3n) is 2.26. The van der Waals surface area contributed by atoms with Crippen molar-refractivity contribution in [1.29, 1.82) is 0 Å². The molecule has 0 spiro atoms. The average molecular weight is 182 g/mol. The molecule has 13 heavy (non-hydrogen) atoms. The molecule has 0 radical (unpaired) electrons. The number of hydrazine groups is 1. The Hall–Kier alpha value is -0.520. The van der Waals surface area contributed by atoms with Gasteiger partial charge in [-0.15, -0.1) is 12.3 Å². The van der Waals surface area contributed by atoms with Gasteiger partial charge in [0.05, 0.1) is 0 Å². The van der Waals surface area contributed by atoms with Crippen molar-refractivity contribution in [2.45, 2.75) is 57.9 Å². The van der Waals surface area contributed by atoms with Gasteiger partial charge in [0.25, 0.3) is 0 Å². The molecule has 1 atom stereocenters. The smallest absolute Gasteiger partial charge is 0.0319 e. The molecular formula is C11H22N2. The maximum Gasteiger partial charge on any atom is 0.0319 e. The summed E-state index contributed by atoms with van der Waals surface area (Å²) in [6.07, 6.45) is 13.6. The van der Waals surface area contributed by atoms with E-state index in [1.807, 2.05) is 0 Å². The van der Waals surface area contributed by atoms with E-state index in [-0.39, 0.29) is 0 Å². The summed E-state index contributed by atoms with van der Waals surface area (Å²) in [5, 5.41) is 0. The zero-order chi connectivity index (χ0) is 9.94. The normalized spacial score (nSPS) is 12.4. The number of unbranched alkanes of at least 4 members (excludes halogenated alkanes) is 4. The minimum Gasteiger partial charge on any atom is -0.271 e. The first kappa shape index (κ1) is 12.5. The van der Waals surface area contributed by atoms with E-state index in [0.717, 1.165) is 12.8 Å². The van der Waals surface area contributed by atoms with E-state index in [0.29, 0.717) is 6.04 Å². The zero-order valence-electron chi connectivity index (χ0n) is 8.68. The minimum absolute atomic E-state index is 0.312. The van der Waals surface area contributed by atoms with Crippen molar-refractivity contribution < 1.29 is 0 Å². The largest absolute Gasteiger partial charge is 0.271 e. The summed E-state index contributed by atoms with van der Waals surface area (Å²) in [5.41, 5.74) is 2.75. The summed E-state index contributed by atoms with van der Waals surface area (Å²) in [6.45, 7) is 2.22. The van der Waals surface area contributed by atoms with Gasteiger partial charge in [-0.25, -0.2) is 0 Å². The predicted molar refractivity (Wildman–Crippen MR) is 57.9 cm³/mol. The van der Waals surface area contributed by atoms with Crippen LogP contribution in [-0.2, 0) is 0 Å². The Morgan fingerprint density at radius 2 is 2.00 bits per heavy atom. The fourth-order valence-corrected chi connectivity index (χ4v) is 1.38. The van der Waals surface area contributed by atoms with E-state index in [9.17, 15) is 0 Å². The van der Waals surface area contributed by atoms with Gasteiger partial charge >= 0.3 is 0 Å². The lowest BCUT2D eigenvalue weighted by molar-refractivity contribution is 0.470. The lowest BCUT2D eigenvalue weighted by Crippen LogP contribution is -2.34. The first-order valence-electron chi connectivity index (χ1n) is 5.24. The van der Waals surface area contributed by atoms with Crippen LogP contribution < -0.4 is 11.3 Å². The maximum atomic E-state index is 5.35. The van der Waals surface area contributed by atoms with Crippen LogP contribution in [0.3, 0.4) is 0 Å². The summed E-state index contributed by atoms with van der Waals surface area (Å²) >= 11 is 0.